The Kier molecular flexibility index (Phi) is 5.93. The van der Waals surface area contributed by atoms with Gasteiger partial charge in [0.1, 0.15) is 10.8 Å². The topological polar surface area (TPSA) is 64.6 Å². The van der Waals surface area contributed by atoms with Gasteiger partial charge in [-0.25, -0.2) is 4.79 Å². The van der Waals surface area contributed by atoms with E-state index in [0.717, 1.165) is 37.7 Å². The maximum Gasteiger partial charge on any atom is 0.341 e. The predicted molar refractivity (Wildman–Crippen MR) is 102 cm³/mol. The minimum atomic E-state index is -0.346. The first kappa shape index (κ1) is 18.5. The number of nitrogens with one attached hydrogen (secondary N) is 1. The van der Waals surface area contributed by atoms with Gasteiger partial charge in [0.25, 0.3) is 5.91 Å². The number of carbonyl (C=O) groups is 2. The number of aryl methyl sites for hydroxylation is 1. The standard InChI is InChI=1S/C20H23NO4S/c1-3-12-25-20(23)17-14-9-5-7-11-16(14)26-19(17)21-18(22)13-8-4-6-10-15(13)24-2/h4,6,8,10H,3,5,7,9,11-12H2,1-2H3,(H,21,22). The quantitative estimate of drug-likeness (QED) is 0.760. The van der Waals surface area contributed by atoms with E-state index in [1.54, 1.807) is 18.2 Å². The SMILES string of the molecule is CCCOC(=O)c1c(NC(=O)c2ccccc2OC)sc2c1CCCC2. The largest absolute Gasteiger partial charge is 0.496 e. The van der Waals surface area contributed by atoms with Gasteiger partial charge in [-0.1, -0.05) is 19.1 Å². The summed E-state index contributed by atoms with van der Waals surface area (Å²) in [6.45, 7) is 2.34. The summed E-state index contributed by atoms with van der Waals surface area (Å²) in [5, 5.41) is 3.49. The van der Waals surface area contributed by atoms with Gasteiger partial charge in [0.15, 0.2) is 0 Å². The zero-order valence-corrected chi connectivity index (χ0v) is 15.9. The molecule has 1 amide bonds. The number of para-hydroxylation sites is 1. The van der Waals surface area contributed by atoms with Gasteiger partial charge < -0.3 is 14.8 Å². The molecule has 1 aliphatic rings. The molecule has 0 fully saturated rings. The Balaban J connectivity index is 1.92. The molecule has 0 atom stereocenters. The zero-order valence-electron chi connectivity index (χ0n) is 15.1. The number of carbonyl (C=O) groups excluding carboxylic acids is 2. The van der Waals surface area contributed by atoms with Crippen LogP contribution in [0.15, 0.2) is 24.3 Å². The fraction of sp³-hybridized carbons (Fsp3) is 0.400. The number of anilines is 1. The van der Waals surface area contributed by atoms with Crippen molar-refractivity contribution in [3.8, 4) is 5.75 Å². The number of amides is 1. The van der Waals surface area contributed by atoms with Crippen LogP contribution >= 0.6 is 11.3 Å². The van der Waals surface area contributed by atoms with Crippen LogP contribution in [0.2, 0.25) is 0 Å². The van der Waals surface area contributed by atoms with Gasteiger partial charge in [-0.3, -0.25) is 4.79 Å². The Hall–Kier alpha value is -2.34. The molecular weight excluding hydrogens is 350 g/mol. The van der Waals surface area contributed by atoms with Crippen molar-refractivity contribution in [2.45, 2.75) is 39.0 Å². The second-order valence-electron chi connectivity index (χ2n) is 6.21. The number of hydrogen-bond donors (Lipinski definition) is 1. The summed E-state index contributed by atoms with van der Waals surface area (Å²) in [6, 6.07) is 7.04. The smallest absolute Gasteiger partial charge is 0.341 e. The monoisotopic (exact) mass is 373 g/mol. The maximum atomic E-state index is 12.8. The lowest BCUT2D eigenvalue weighted by atomic mass is 9.95. The van der Waals surface area contributed by atoms with E-state index in [-0.39, 0.29) is 11.9 Å². The van der Waals surface area contributed by atoms with E-state index in [4.69, 9.17) is 9.47 Å². The molecule has 5 nitrogen and oxygen atoms in total. The van der Waals surface area contributed by atoms with Crippen molar-refractivity contribution in [3.05, 3.63) is 45.8 Å². The molecule has 6 heteroatoms. The van der Waals surface area contributed by atoms with Crippen LogP contribution in [0, 0.1) is 0 Å². The Morgan fingerprint density at radius 3 is 2.73 bits per heavy atom. The van der Waals surface area contributed by atoms with Crippen LogP contribution in [0.25, 0.3) is 0 Å². The van der Waals surface area contributed by atoms with Gasteiger partial charge in [-0.05, 0) is 49.8 Å². The van der Waals surface area contributed by atoms with Gasteiger partial charge in [0, 0.05) is 4.88 Å². The van der Waals surface area contributed by atoms with Crippen LogP contribution in [-0.2, 0) is 17.6 Å². The van der Waals surface area contributed by atoms with Crippen LogP contribution in [-0.4, -0.2) is 25.6 Å². The minimum Gasteiger partial charge on any atom is -0.496 e. The van der Waals surface area contributed by atoms with E-state index in [9.17, 15) is 9.59 Å². The third-order valence-electron chi connectivity index (χ3n) is 4.39. The third-order valence-corrected chi connectivity index (χ3v) is 5.60. The number of rotatable bonds is 6. The highest BCUT2D eigenvalue weighted by molar-refractivity contribution is 7.17. The maximum absolute atomic E-state index is 12.8. The van der Waals surface area contributed by atoms with Gasteiger partial charge in [0.05, 0.1) is 24.8 Å². The van der Waals surface area contributed by atoms with Crippen LogP contribution in [0.3, 0.4) is 0 Å². The Morgan fingerprint density at radius 2 is 1.96 bits per heavy atom. The number of benzene rings is 1. The lowest BCUT2D eigenvalue weighted by Gasteiger charge is -2.13. The highest BCUT2D eigenvalue weighted by Crippen LogP contribution is 2.39. The summed E-state index contributed by atoms with van der Waals surface area (Å²) in [5.41, 5.74) is 2.01. The molecule has 1 aromatic heterocycles. The molecule has 0 aliphatic heterocycles. The molecule has 1 heterocycles. The molecule has 0 unspecified atom stereocenters. The van der Waals surface area contributed by atoms with Crippen molar-refractivity contribution in [2.75, 3.05) is 19.0 Å². The van der Waals surface area contributed by atoms with Crippen LogP contribution in [0.4, 0.5) is 5.00 Å². The van der Waals surface area contributed by atoms with Crippen molar-refractivity contribution in [1.29, 1.82) is 0 Å². The van der Waals surface area contributed by atoms with Crippen LogP contribution < -0.4 is 10.1 Å². The van der Waals surface area contributed by atoms with E-state index in [2.05, 4.69) is 5.32 Å². The Bertz CT molecular complexity index is 812. The molecule has 1 N–H and O–H groups in total. The van der Waals surface area contributed by atoms with Gasteiger partial charge >= 0.3 is 5.97 Å². The predicted octanol–water partition coefficient (Wildman–Crippen LogP) is 4.45. The van der Waals surface area contributed by atoms with E-state index in [0.29, 0.717) is 28.5 Å². The first-order chi connectivity index (χ1) is 12.7. The molecule has 1 aliphatic carbocycles. The zero-order chi connectivity index (χ0) is 18.5. The highest BCUT2D eigenvalue weighted by atomic mass is 32.1. The lowest BCUT2D eigenvalue weighted by Crippen LogP contribution is -2.16. The van der Waals surface area contributed by atoms with E-state index < -0.39 is 0 Å². The van der Waals surface area contributed by atoms with Gasteiger partial charge in [0.2, 0.25) is 0 Å². The molecule has 0 saturated heterocycles. The third kappa shape index (κ3) is 3.75. The number of fused-ring (bicyclic) bond motifs is 1. The fourth-order valence-corrected chi connectivity index (χ4v) is 4.41. The number of thiophene rings is 1. The summed E-state index contributed by atoms with van der Waals surface area (Å²) in [5.74, 6) is -0.131. The van der Waals surface area contributed by atoms with Gasteiger partial charge in [-0.15, -0.1) is 11.3 Å². The van der Waals surface area contributed by atoms with Crippen molar-refractivity contribution in [3.63, 3.8) is 0 Å². The first-order valence-electron chi connectivity index (χ1n) is 8.91. The van der Waals surface area contributed by atoms with E-state index >= 15 is 0 Å². The summed E-state index contributed by atoms with van der Waals surface area (Å²) in [4.78, 5) is 26.5. The normalized spacial score (nSPS) is 13.0. The molecule has 138 valence electrons. The minimum absolute atomic E-state index is 0.286. The van der Waals surface area contributed by atoms with Gasteiger partial charge in [-0.2, -0.15) is 0 Å². The number of methoxy groups -OCH3 is 1. The molecule has 2 aromatic rings. The summed E-state index contributed by atoms with van der Waals surface area (Å²) >= 11 is 1.49. The Labute approximate surface area is 157 Å². The van der Waals surface area contributed by atoms with Crippen LogP contribution in [0.5, 0.6) is 5.75 Å². The highest BCUT2D eigenvalue weighted by Gasteiger charge is 2.27. The number of esters is 1. The average Bonchev–Trinajstić information content (AvgIpc) is 3.03. The van der Waals surface area contributed by atoms with Crippen molar-refractivity contribution >= 4 is 28.2 Å². The first-order valence-corrected chi connectivity index (χ1v) is 9.73. The second kappa shape index (κ2) is 8.36. The fourth-order valence-electron chi connectivity index (χ4n) is 3.14. The van der Waals surface area contributed by atoms with Crippen LogP contribution in [0.1, 0.15) is 57.3 Å². The second-order valence-corrected chi connectivity index (χ2v) is 7.31. The summed E-state index contributed by atoms with van der Waals surface area (Å²) < 4.78 is 10.6. The van der Waals surface area contributed by atoms with E-state index in [1.807, 2.05) is 13.0 Å². The van der Waals surface area contributed by atoms with Crippen molar-refractivity contribution in [1.82, 2.24) is 0 Å². The molecule has 0 spiro atoms. The summed E-state index contributed by atoms with van der Waals surface area (Å²) in [7, 11) is 1.53. The number of ether oxygens (including phenoxy) is 2. The molecular formula is C20H23NO4S. The molecule has 0 saturated carbocycles. The van der Waals surface area contributed by atoms with E-state index in [1.165, 1.54) is 23.3 Å². The lowest BCUT2D eigenvalue weighted by molar-refractivity contribution is 0.0505. The Morgan fingerprint density at radius 1 is 1.19 bits per heavy atom. The number of hydrogen-bond acceptors (Lipinski definition) is 5. The molecule has 1 aromatic carbocycles. The molecule has 3 rings (SSSR count). The van der Waals surface area contributed by atoms with Crippen molar-refractivity contribution < 1.29 is 19.1 Å². The average molecular weight is 373 g/mol. The molecule has 26 heavy (non-hydrogen) atoms. The summed E-state index contributed by atoms with van der Waals surface area (Å²) in [6.07, 6.45) is 4.72. The molecule has 0 radical (unpaired) electrons. The van der Waals surface area contributed by atoms with Crippen molar-refractivity contribution in [2.24, 2.45) is 0 Å². The molecule has 0 bridgehead atoms.